The first-order valence-corrected chi connectivity index (χ1v) is 6.10. The van der Waals surface area contributed by atoms with E-state index in [2.05, 4.69) is 28.3 Å². The summed E-state index contributed by atoms with van der Waals surface area (Å²) in [6, 6.07) is 2.29. The molecule has 86 valence electrons. The zero-order chi connectivity index (χ0) is 11.2. The molecule has 1 aromatic rings. The van der Waals surface area contributed by atoms with Gasteiger partial charge < -0.3 is 5.32 Å². The van der Waals surface area contributed by atoms with Crippen LogP contribution in [-0.2, 0) is 0 Å². The van der Waals surface area contributed by atoms with Crippen molar-refractivity contribution in [3.63, 3.8) is 0 Å². The van der Waals surface area contributed by atoms with Crippen molar-refractivity contribution in [2.45, 2.75) is 38.6 Å². The lowest BCUT2D eigenvalue weighted by atomic mass is 9.92. The van der Waals surface area contributed by atoms with Gasteiger partial charge in [-0.2, -0.15) is 0 Å². The van der Waals surface area contributed by atoms with Crippen molar-refractivity contribution in [1.29, 1.82) is 0 Å². The Morgan fingerprint density at radius 1 is 1.44 bits per heavy atom. The van der Waals surface area contributed by atoms with E-state index in [1.807, 2.05) is 12.3 Å². The van der Waals surface area contributed by atoms with Crippen molar-refractivity contribution >= 4 is 0 Å². The number of hydrogen-bond donors (Lipinski definition) is 1. The molecule has 0 saturated carbocycles. The van der Waals surface area contributed by atoms with Gasteiger partial charge in [0.05, 0.1) is 11.7 Å². The molecule has 2 rings (SSSR count). The SMILES string of the molecule is CCNC(C1=CCCCC1)c1ccncn1. The molecule has 0 bridgehead atoms. The molecular weight excluding hydrogens is 198 g/mol. The van der Waals surface area contributed by atoms with Gasteiger partial charge in [0.2, 0.25) is 0 Å². The van der Waals surface area contributed by atoms with Crippen LogP contribution in [0.1, 0.15) is 44.3 Å². The van der Waals surface area contributed by atoms with E-state index in [1.54, 1.807) is 6.33 Å². The standard InChI is InChI=1S/C13H19N3/c1-2-15-13(11-6-4-3-5-7-11)12-8-9-14-10-16-12/h6,8-10,13,15H,2-5,7H2,1H3. The molecule has 3 nitrogen and oxygen atoms in total. The molecule has 0 amide bonds. The third-order valence-corrected chi connectivity index (χ3v) is 3.01. The van der Waals surface area contributed by atoms with Crippen molar-refractivity contribution in [2.75, 3.05) is 6.54 Å². The van der Waals surface area contributed by atoms with Crippen LogP contribution < -0.4 is 5.32 Å². The Morgan fingerprint density at radius 2 is 2.38 bits per heavy atom. The summed E-state index contributed by atoms with van der Waals surface area (Å²) in [5.74, 6) is 0. The predicted molar refractivity (Wildman–Crippen MR) is 65.0 cm³/mol. The van der Waals surface area contributed by atoms with Crippen molar-refractivity contribution in [1.82, 2.24) is 15.3 Å². The fourth-order valence-corrected chi connectivity index (χ4v) is 2.23. The summed E-state index contributed by atoms with van der Waals surface area (Å²) >= 11 is 0. The lowest BCUT2D eigenvalue weighted by molar-refractivity contribution is 0.553. The Kier molecular flexibility index (Phi) is 4.05. The maximum absolute atomic E-state index is 4.36. The maximum atomic E-state index is 4.36. The molecule has 1 heterocycles. The van der Waals surface area contributed by atoms with Crippen molar-refractivity contribution < 1.29 is 0 Å². The molecule has 1 aliphatic carbocycles. The average Bonchev–Trinajstić information content (AvgIpc) is 2.38. The van der Waals surface area contributed by atoms with E-state index >= 15 is 0 Å². The van der Waals surface area contributed by atoms with Crippen LogP contribution in [0.3, 0.4) is 0 Å². The minimum atomic E-state index is 0.285. The fraction of sp³-hybridized carbons (Fsp3) is 0.538. The Morgan fingerprint density at radius 3 is 3.00 bits per heavy atom. The third kappa shape index (κ3) is 2.67. The molecule has 1 atom stereocenters. The van der Waals surface area contributed by atoms with Gasteiger partial charge in [-0.3, -0.25) is 0 Å². The maximum Gasteiger partial charge on any atom is 0.115 e. The molecule has 1 aromatic heterocycles. The number of rotatable bonds is 4. The Labute approximate surface area is 97.0 Å². The van der Waals surface area contributed by atoms with E-state index in [0.29, 0.717) is 0 Å². The molecule has 0 aliphatic heterocycles. The van der Waals surface area contributed by atoms with E-state index in [0.717, 1.165) is 12.2 Å². The largest absolute Gasteiger partial charge is 0.306 e. The summed E-state index contributed by atoms with van der Waals surface area (Å²) in [5, 5.41) is 3.51. The molecule has 0 spiro atoms. The summed E-state index contributed by atoms with van der Waals surface area (Å²) in [5.41, 5.74) is 2.58. The van der Waals surface area contributed by atoms with Crippen molar-refractivity contribution in [3.05, 3.63) is 35.9 Å². The van der Waals surface area contributed by atoms with Gasteiger partial charge in [-0.25, -0.2) is 9.97 Å². The third-order valence-electron chi connectivity index (χ3n) is 3.01. The highest BCUT2D eigenvalue weighted by atomic mass is 14.9. The second-order valence-corrected chi connectivity index (χ2v) is 4.15. The van der Waals surface area contributed by atoms with Crippen LogP contribution in [0.15, 0.2) is 30.2 Å². The van der Waals surface area contributed by atoms with E-state index in [1.165, 1.54) is 31.3 Å². The minimum absolute atomic E-state index is 0.285. The summed E-state index contributed by atoms with van der Waals surface area (Å²) < 4.78 is 0. The molecule has 0 fully saturated rings. The second-order valence-electron chi connectivity index (χ2n) is 4.15. The van der Waals surface area contributed by atoms with Gasteiger partial charge in [0.15, 0.2) is 0 Å². The molecular formula is C13H19N3. The number of aromatic nitrogens is 2. The molecule has 0 saturated heterocycles. The highest BCUT2D eigenvalue weighted by Gasteiger charge is 2.17. The fourth-order valence-electron chi connectivity index (χ4n) is 2.23. The quantitative estimate of drug-likeness (QED) is 0.788. The molecule has 1 aliphatic rings. The Hall–Kier alpha value is -1.22. The smallest absolute Gasteiger partial charge is 0.115 e. The van der Waals surface area contributed by atoms with Crippen LogP contribution in [0.2, 0.25) is 0 Å². The number of hydrogen-bond acceptors (Lipinski definition) is 3. The molecule has 1 N–H and O–H groups in total. The van der Waals surface area contributed by atoms with E-state index < -0.39 is 0 Å². The number of nitrogens with one attached hydrogen (secondary N) is 1. The number of likely N-dealkylation sites (N-methyl/N-ethyl adjacent to an activating group) is 1. The number of nitrogens with zero attached hydrogens (tertiary/aromatic N) is 2. The summed E-state index contributed by atoms with van der Waals surface area (Å²) in [4.78, 5) is 8.33. The lowest BCUT2D eigenvalue weighted by Gasteiger charge is -2.23. The summed E-state index contributed by atoms with van der Waals surface area (Å²) in [6.45, 7) is 3.10. The Bertz CT molecular complexity index is 345. The van der Waals surface area contributed by atoms with E-state index in [-0.39, 0.29) is 6.04 Å². The van der Waals surface area contributed by atoms with Crippen LogP contribution in [0.4, 0.5) is 0 Å². The van der Waals surface area contributed by atoms with Crippen LogP contribution in [0.25, 0.3) is 0 Å². The highest BCUT2D eigenvalue weighted by Crippen LogP contribution is 2.28. The van der Waals surface area contributed by atoms with Crippen LogP contribution in [0, 0.1) is 0 Å². The first kappa shape index (κ1) is 11.3. The predicted octanol–water partition coefficient (Wildman–Crippen LogP) is 2.63. The highest BCUT2D eigenvalue weighted by molar-refractivity contribution is 5.22. The Balaban J connectivity index is 2.19. The van der Waals surface area contributed by atoms with Gasteiger partial charge >= 0.3 is 0 Å². The molecule has 0 aromatic carbocycles. The van der Waals surface area contributed by atoms with Crippen LogP contribution >= 0.6 is 0 Å². The lowest BCUT2D eigenvalue weighted by Crippen LogP contribution is -2.24. The topological polar surface area (TPSA) is 37.8 Å². The first-order chi connectivity index (χ1) is 7.92. The monoisotopic (exact) mass is 217 g/mol. The molecule has 3 heteroatoms. The zero-order valence-electron chi connectivity index (χ0n) is 9.82. The van der Waals surface area contributed by atoms with Gasteiger partial charge in [-0.1, -0.05) is 18.6 Å². The molecule has 0 radical (unpaired) electrons. The molecule has 16 heavy (non-hydrogen) atoms. The minimum Gasteiger partial charge on any atom is -0.306 e. The van der Waals surface area contributed by atoms with E-state index in [4.69, 9.17) is 0 Å². The van der Waals surface area contributed by atoms with Gasteiger partial charge in [-0.05, 0) is 38.3 Å². The zero-order valence-corrected chi connectivity index (χ0v) is 9.82. The summed E-state index contributed by atoms with van der Waals surface area (Å²) in [6.07, 6.45) is 10.9. The first-order valence-electron chi connectivity index (χ1n) is 6.10. The van der Waals surface area contributed by atoms with Gasteiger partial charge in [0.25, 0.3) is 0 Å². The van der Waals surface area contributed by atoms with Gasteiger partial charge in [0.1, 0.15) is 6.33 Å². The van der Waals surface area contributed by atoms with Crippen molar-refractivity contribution in [2.24, 2.45) is 0 Å². The second kappa shape index (κ2) is 5.75. The van der Waals surface area contributed by atoms with Crippen molar-refractivity contribution in [3.8, 4) is 0 Å². The van der Waals surface area contributed by atoms with Crippen LogP contribution in [-0.4, -0.2) is 16.5 Å². The van der Waals surface area contributed by atoms with Crippen LogP contribution in [0.5, 0.6) is 0 Å². The van der Waals surface area contributed by atoms with Gasteiger partial charge in [-0.15, -0.1) is 0 Å². The van der Waals surface area contributed by atoms with E-state index in [9.17, 15) is 0 Å². The normalized spacial score (nSPS) is 17.9. The summed E-state index contributed by atoms with van der Waals surface area (Å²) in [7, 11) is 0. The van der Waals surface area contributed by atoms with Gasteiger partial charge in [0, 0.05) is 6.20 Å². The average molecular weight is 217 g/mol. The molecule has 1 unspecified atom stereocenters. The number of allylic oxidation sites excluding steroid dienone is 1.